The van der Waals surface area contributed by atoms with Gasteiger partial charge in [0.05, 0.1) is 4.88 Å². The van der Waals surface area contributed by atoms with Gasteiger partial charge in [0, 0.05) is 33.5 Å². The zero-order chi connectivity index (χ0) is 21.4. The maximum absolute atomic E-state index is 13.3. The van der Waals surface area contributed by atoms with Crippen LogP contribution < -0.4 is 5.32 Å². The average molecular weight is 495 g/mol. The zero-order valence-electron chi connectivity index (χ0n) is 17.0. The fourth-order valence-corrected chi connectivity index (χ4v) is 4.80. The summed E-state index contributed by atoms with van der Waals surface area (Å²) in [5.41, 5.74) is 2.84. The maximum atomic E-state index is 13.3. The van der Waals surface area contributed by atoms with Crippen LogP contribution in [0.25, 0.3) is 10.4 Å². The molecule has 5 rings (SSSR count). The lowest BCUT2D eigenvalue weighted by atomic mass is 10.1. The van der Waals surface area contributed by atoms with E-state index in [1.165, 1.54) is 0 Å². The van der Waals surface area contributed by atoms with Crippen LogP contribution in [0.5, 0.6) is 0 Å². The van der Waals surface area contributed by atoms with Gasteiger partial charge in [-0.2, -0.15) is 0 Å². The van der Waals surface area contributed by atoms with E-state index in [0.29, 0.717) is 24.2 Å². The molecule has 0 saturated heterocycles. The van der Waals surface area contributed by atoms with Crippen molar-refractivity contribution in [3.8, 4) is 10.4 Å². The van der Waals surface area contributed by atoms with E-state index in [0.717, 1.165) is 51.0 Å². The molecule has 0 bridgehead atoms. The predicted octanol–water partition coefficient (Wildman–Crippen LogP) is 5.87. The molecule has 0 radical (unpaired) electrons. The minimum atomic E-state index is -0.0109. The maximum Gasteiger partial charge on any atom is 0.264 e. The molecular weight excluding hydrogens is 472 g/mol. The molecule has 1 aromatic heterocycles. The minimum Gasteiger partial charge on any atom is -0.349 e. The lowest BCUT2D eigenvalue weighted by Crippen LogP contribution is -2.32. The Kier molecular flexibility index (Phi) is 5.67. The highest BCUT2D eigenvalue weighted by atomic mass is 79.9. The van der Waals surface area contributed by atoms with Crippen molar-refractivity contribution in [3.63, 3.8) is 0 Å². The summed E-state index contributed by atoms with van der Waals surface area (Å²) < 4.78 is 1.04. The number of thiophene rings is 1. The zero-order valence-corrected chi connectivity index (χ0v) is 19.4. The van der Waals surface area contributed by atoms with Crippen molar-refractivity contribution in [3.05, 3.63) is 81.1 Å². The summed E-state index contributed by atoms with van der Waals surface area (Å²) in [6, 6.07) is 20.4. The topological polar surface area (TPSA) is 49.4 Å². The highest BCUT2D eigenvalue weighted by Gasteiger charge is 2.33. The smallest absolute Gasteiger partial charge is 0.264 e. The van der Waals surface area contributed by atoms with Gasteiger partial charge in [0.2, 0.25) is 0 Å². The molecule has 6 heteroatoms. The Bertz CT molecular complexity index is 1100. The van der Waals surface area contributed by atoms with Crippen LogP contribution >= 0.6 is 27.3 Å². The molecule has 1 heterocycles. The first kappa shape index (κ1) is 20.5. The van der Waals surface area contributed by atoms with Gasteiger partial charge in [-0.15, -0.1) is 11.3 Å². The molecule has 2 amide bonds. The number of carbonyl (C=O) groups excluding carboxylic acids is 2. The second-order valence-corrected chi connectivity index (χ2v) is 10.3. The van der Waals surface area contributed by atoms with Crippen molar-refractivity contribution >= 4 is 39.1 Å². The van der Waals surface area contributed by atoms with Crippen molar-refractivity contribution in [2.24, 2.45) is 0 Å². The Morgan fingerprint density at radius 3 is 2.29 bits per heavy atom. The molecule has 158 valence electrons. The van der Waals surface area contributed by atoms with Crippen LogP contribution in [0.2, 0.25) is 0 Å². The van der Waals surface area contributed by atoms with E-state index in [4.69, 9.17) is 0 Å². The van der Waals surface area contributed by atoms with Gasteiger partial charge < -0.3 is 10.2 Å². The Hall–Kier alpha value is -2.44. The molecule has 0 unspecified atom stereocenters. The van der Waals surface area contributed by atoms with Crippen LogP contribution in [0.3, 0.4) is 0 Å². The second kappa shape index (κ2) is 8.60. The number of rotatable bonds is 7. The van der Waals surface area contributed by atoms with Gasteiger partial charge in [-0.25, -0.2) is 0 Å². The van der Waals surface area contributed by atoms with Gasteiger partial charge in [-0.3, -0.25) is 9.59 Å². The van der Waals surface area contributed by atoms with Gasteiger partial charge in [0.1, 0.15) is 0 Å². The van der Waals surface area contributed by atoms with Gasteiger partial charge in [-0.1, -0.05) is 40.2 Å². The third-order valence-corrected chi connectivity index (χ3v) is 7.33. The molecule has 2 saturated carbocycles. The Morgan fingerprint density at radius 2 is 1.65 bits per heavy atom. The van der Waals surface area contributed by atoms with Crippen LogP contribution in [0.15, 0.2) is 65.1 Å². The largest absolute Gasteiger partial charge is 0.349 e. The number of nitrogens with one attached hydrogen (secondary N) is 1. The summed E-state index contributed by atoms with van der Waals surface area (Å²) in [4.78, 5) is 29.3. The molecule has 2 aliphatic carbocycles. The van der Waals surface area contributed by atoms with Crippen LogP contribution in [-0.4, -0.2) is 28.8 Å². The summed E-state index contributed by atoms with van der Waals surface area (Å²) >= 11 is 5.01. The molecular formula is C25H23BrN2O2S. The second-order valence-electron chi connectivity index (χ2n) is 8.28. The Balaban J connectivity index is 1.29. The molecule has 3 aromatic rings. The number of nitrogens with zero attached hydrogens (tertiary/aromatic N) is 1. The normalized spacial score (nSPS) is 15.5. The van der Waals surface area contributed by atoms with Crippen LogP contribution in [-0.2, 0) is 6.54 Å². The number of carbonyl (C=O) groups is 2. The van der Waals surface area contributed by atoms with Crippen LogP contribution in [0, 0.1) is 0 Å². The lowest BCUT2D eigenvalue weighted by molar-refractivity contribution is 0.0734. The van der Waals surface area contributed by atoms with Crippen molar-refractivity contribution in [2.45, 2.75) is 44.3 Å². The van der Waals surface area contributed by atoms with Gasteiger partial charge in [-0.05, 0) is 73.2 Å². The van der Waals surface area contributed by atoms with E-state index < -0.39 is 0 Å². The first-order valence-electron chi connectivity index (χ1n) is 10.6. The molecule has 31 heavy (non-hydrogen) atoms. The summed E-state index contributed by atoms with van der Waals surface area (Å²) in [6.45, 7) is 0.569. The van der Waals surface area contributed by atoms with Gasteiger partial charge >= 0.3 is 0 Å². The van der Waals surface area contributed by atoms with Crippen molar-refractivity contribution in [2.75, 3.05) is 0 Å². The number of hydrogen-bond acceptors (Lipinski definition) is 3. The molecule has 1 N–H and O–H groups in total. The third-order valence-electron chi connectivity index (χ3n) is 5.68. The average Bonchev–Trinajstić information content (AvgIpc) is 3.72. The fraction of sp³-hybridized carbons (Fsp3) is 0.280. The van der Waals surface area contributed by atoms with E-state index in [9.17, 15) is 9.59 Å². The number of halogens is 1. The van der Waals surface area contributed by atoms with E-state index >= 15 is 0 Å². The van der Waals surface area contributed by atoms with Crippen molar-refractivity contribution < 1.29 is 9.59 Å². The molecule has 4 nitrogen and oxygen atoms in total. The lowest BCUT2D eigenvalue weighted by Gasteiger charge is -2.22. The summed E-state index contributed by atoms with van der Waals surface area (Å²) in [5, 5.41) is 3.01. The fourth-order valence-electron chi connectivity index (χ4n) is 3.57. The molecule has 0 aliphatic heterocycles. The highest BCUT2D eigenvalue weighted by molar-refractivity contribution is 9.10. The number of benzene rings is 2. The summed E-state index contributed by atoms with van der Waals surface area (Å²) in [6.07, 6.45) is 4.26. The van der Waals surface area contributed by atoms with E-state index in [1.54, 1.807) is 11.3 Å². The Labute approximate surface area is 194 Å². The first-order chi connectivity index (χ1) is 15.1. The highest BCUT2D eigenvalue weighted by Crippen LogP contribution is 2.34. The predicted molar refractivity (Wildman–Crippen MR) is 127 cm³/mol. The first-order valence-corrected chi connectivity index (χ1v) is 12.2. The standard InChI is InChI=1S/C25H23BrN2O2S/c26-19-7-5-17(6-8-19)22-13-14-23(31-22)25(30)28(21-11-12-21)15-16-1-3-18(4-2-16)24(29)27-20-9-10-20/h1-8,13-14,20-21H,9-12,15H2,(H,27,29). The minimum absolute atomic E-state index is 0.0109. The molecule has 0 atom stereocenters. The van der Waals surface area contributed by atoms with Crippen LogP contribution in [0.1, 0.15) is 51.3 Å². The van der Waals surface area contributed by atoms with E-state index in [-0.39, 0.29) is 11.8 Å². The van der Waals surface area contributed by atoms with Gasteiger partial charge in [0.15, 0.2) is 0 Å². The number of amides is 2. The quantitative estimate of drug-likeness (QED) is 0.446. The van der Waals surface area contributed by atoms with E-state index in [2.05, 4.69) is 33.4 Å². The van der Waals surface area contributed by atoms with Gasteiger partial charge in [0.25, 0.3) is 11.8 Å². The molecule has 0 spiro atoms. The van der Waals surface area contributed by atoms with E-state index in [1.807, 2.05) is 53.4 Å². The Morgan fingerprint density at radius 1 is 0.935 bits per heavy atom. The SMILES string of the molecule is O=C(NC1CC1)c1ccc(CN(C(=O)c2ccc(-c3ccc(Br)cc3)s2)C2CC2)cc1. The monoisotopic (exact) mass is 494 g/mol. The summed E-state index contributed by atoms with van der Waals surface area (Å²) in [5.74, 6) is 0.0784. The van der Waals surface area contributed by atoms with Crippen molar-refractivity contribution in [1.29, 1.82) is 0 Å². The third kappa shape index (κ3) is 4.91. The summed E-state index contributed by atoms with van der Waals surface area (Å²) in [7, 11) is 0. The van der Waals surface area contributed by atoms with Crippen LogP contribution in [0.4, 0.5) is 0 Å². The molecule has 2 fully saturated rings. The van der Waals surface area contributed by atoms with Crippen molar-refractivity contribution in [1.82, 2.24) is 10.2 Å². The number of hydrogen-bond donors (Lipinski definition) is 1. The molecule has 2 aromatic carbocycles. The molecule has 2 aliphatic rings.